The molecule has 0 aromatic heterocycles. The van der Waals surface area contributed by atoms with Crippen LogP contribution in [0.5, 0.6) is 11.5 Å². The molecule has 0 amide bonds. The van der Waals surface area contributed by atoms with Crippen LogP contribution in [0.2, 0.25) is 0 Å². The maximum absolute atomic E-state index is 11.5. The highest BCUT2D eigenvalue weighted by atomic mass is 16.5. The van der Waals surface area contributed by atoms with Crippen molar-refractivity contribution < 1.29 is 19.7 Å². The molecule has 2 aliphatic rings. The molecule has 0 aliphatic carbocycles. The van der Waals surface area contributed by atoms with E-state index in [1.807, 2.05) is 43.5 Å². The van der Waals surface area contributed by atoms with Gasteiger partial charge in [-0.25, -0.2) is 4.79 Å². The summed E-state index contributed by atoms with van der Waals surface area (Å²) in [6.45, 7) is 4.15. The number of aromatic hydroxyl groups is 1. The molecule has 2 aliphatic heterocycles. The van der Waals surface area contributed by atoms with E-state index >= 15 is 0 Å². The molecule has 0 fully saturated rings. The highest BCUT2D eigenvalue weighted by Crippen LogP contribution is 2.54. The number of carboxylic acids is 1. The number of nitrogens with zero attached hydrogens (tertiary/aromatic N) is 1. The molecule has 2 heterocycles. The minimum atomic E-state index is -0.941. The van der Waals surface area contributed by atoms with Gasteiger partial charge in [0.1, 0.15) is 11.5 Å². The Labute approximate surface area is 168 Å². The van der Waals surface area contributed by atoms with Gasteiger partial charge in [0.05, 0.1) is 11.0 Å². The molecule has 1 unspecified atom stereocenters. The number of ether oxygens (including phenoxy) is 1. The van der Waals surface area contributed by atoms with Crippen LogP contribution in [0.25, 0.3) is 16.8 Å². The van der Waals surface area contributed by atoms with E-state index in [2.05, 4.69) is 18.7 Å². The Balaban J connectivity index is 1.68. The maximum Gasteiger partial charge on any atom is 0.335 e. The van der Waals surface area contributed by atoms with E-state index in [-0.39, 0.29) is 11.3 Å². The van der Waals surface area contributed by atoms with E-state index in [0.29, 0.717) is 0 Å². The first kappa shape index (κ1) is 17.6. The van der Waals surface area contributed by atoms with Gasteiger partial charge in [-0.05, 0) is 78.7 Å². The van der Waals surface area contributed by atoms with E-state index in [9.17, 15) is 15.0 Å². The molecular weight excluding hydrogens is 366 g/mol. The lowest BCUT2D eigenvalue weighted by Gasteiger charge is -2.46. The van der Waals surface area contributed by atoms with Gasteiger partial charge in [0.2, 0.25) is 5.72 Å². The second-order valence-corrected chi connectivity index (χ2v) is 8.24. The Bertz CT molecular complexity index is 1230. The molecule has 5 heteroatoms. The maximum atomic E-state index is 11.5. The summed E-state index contributed by atoms with van der Waals surface area (Å²) in [6.07, 6.45) is 4.09. The van der Waals surface area contributed by atoms with Crippen molar-refractivity contribution in [2.24, 2.45) is 0 Å². The summed E-state index contributed by atoms with van der Waals surface area (Å²) in [4.78, 5) is 13.6. The lowest BCUT2D eigenvalue weighted by Crippen LogP contribution is -2.58. The monoisotopic (exact) mass is 387 g/mol. The Hall–Kier alpha value is -3.47. The van der Waals surface area contributed by atoms with Crippen molar-refractivity contribution in [3.63, 3.8) is 0 Å². The van der Waals surface area contributed by atoms with Gasteiger partial charge in [0.15, 0.2) is 0 Å². The number of phenolic OH excluding ortho intramolecular Hbond substituents is 1. The quantitative estimate of drug-likeness (QED) is 0.629. The Morgan fingerprint density at radius 3 is 2.59 bits per heavy atom. The van der Waals surface area contributed by atoms with E-state index < -0.39 is 17.1 Å². The van der Waals surface area contributed by atoms with Crippen LogP contribution in [0.4, 0.5) is 5.69 Å². The molecule has 1 spiro atoms. The summed E-state index contributed by atoms with van der Waals surface area (Å²) in [5, 5.41) is 21.3. The van der Waals surface area contributed by atoms with Crippen molar-refractivity contribution in [3.05, 3.63) is 71.3 Å². The fourth-order valence-corrected chi connectivity index (χ4v) is 4.74. The predicted molar refractivity (Wildman–Crippen MR) is 113 cm³/mol. The number of benzene rings is 3. The van der Waals surface area contributed by atoms with Crippen molar-refractivity contribution in [2.45, 2.75) is 25.0 Å². The second kappa shape index (κ2) is 5.54. The number of aromatic carboxylic acids is 1. The summed E-state index contributed by atoms with van der Waals surface area (Å²) in [5.74, 6) is 0.00669. The zero-order chi connectivity index (χ0) is 20.6. The highest BCUT2D eigenvalue weighted by molar-refractivity contribution is 5.95. The number of hydrogen-bond acceptors (Lipinski definition) is 4. The number of likely N-dealkylation sites (N-methyl/N-ethyl adjacent to an activating group) is 1. The first-order chi connectivity index (χ1) is 13.7. The minimum absolute atomic E-state index is 0.214. The van der Waals surface area contributed by atoms with Crippen LogP contribution in [-0.2, 0) is 5.41 Å². The predicted octanol–water partition coefficient (Wildman–Crippen LogP) is 4.77. The van der Waals surface area contributed by atoms with E-state index in [0.717, 1.165) is 33.3 Å². The lowest BCUT2D eigenvalue weighted by atomic mass is 9.76. The first-order valence-electron chi connectivity index (χ1n) is 9.50. The zero-order valence-corrected chi connectivity index (χ0v) is 16.4. The molecule has 5 nitrogen and oxygen atoms in total. The lowest BCUT2D eigenvalue weighted by molar-refractivity contribution is 0.0582. The van der Waals surface area contributed by atoms with Crippen LogP contribution in [0.1, 0.15) is 35.3 Å². The first-order valence-corrected chi connectivity index (χ1v) is 9.50. The third-order valence-electron chi connectivity index (χ3n) is 6.42. The molecule has 0 saturated carbocycles. The SMILES string of the molecule is CN1c2ccc(C(=O)O)cc2C(C)(C)C12C=Cc1c(ccc3ccc(O)cc13)O2. The normalized spacial score (nSPS) is 21.1. The van der Waals surface area contributed by atoms with Crippen molar-refractivity contribution >= 4 is 28.5 Å². The van der Waals surface area contributed by atoms with Crippen LogP contribution in [0.3, 0.4) is 0 Å². The molecule has 5 rings (SSSR count). The largest absolute Gasteiger partial charge is 0.508 e. The van der Waals surface area contributed by atoms with Crippen LogP contribution in [-0.4, -0.2) is 29.0 Å². The number of carboxylic acid groups (broad SMARTS) is 1. The Morgan fingerprint density at radius 1 is 1.07 bits per heavy atom. The molecule has 146 valence electrons. The number of rotatable bonds is 1. The van der Waals surface area contributed by atoms with E-state index in [1.54, 1.807) is 24.3 Å². The second-order valence-electron chi connectivity index (χ2n) is 8.24. The average Bonchev–Trinajstić information content (AvgIpc) is 2.86. The number of carbonyl (C=O) groups is 1. The molecular formula is C24H21NO4. The molecule has 0 bridgehead atoms. The topological polar surface area (TPSA) is 70.0 Å². The van der Waals surface area contributed by atoms with Crippen molar-refractivity contribution in [3.8, 4) is 11.5 Å². The molecule has 2 N–H and O–H groups in total. The van der Waals surface area contributed by atoms with E-state index in [4.69, 9.17) is 4.74 Å². The smallest absolute Gasteiger partial charge is 0.335 e. The Morgan fingerprint density at radius 2 is 1.83 bits per heavy atom. The fraction of sp³-hybridized carbons (Fsp3) is 0.208. The molecule has 3 aromatic carbocycles. The number of hydrogen-bond donors (Lipinski definition) is 2. The van der Waals surface area contributed by atoms with E-state index in [1.165, 1.54) is 0 Å². The van der Waals surface area contributed by atoms with Gasteiger partial charge in [-0.15, -0.1) is 0 Å². The molecule has 29 heavy (non-hydrogen) atoms. The van der Waals surface area contributed by atoms with Crippen LogP contribution < -0.4 is 9.64 Å². The van der Waals surface area contributed by atoms with Crippen LogP contribution >= 0.6 is 0 Å². The van der Waals surface area contributed by atoms with Gasteiger partial charge < -0.3 is 19.8 Å². The molecule has 1 atom stereocenters. The highest BCUT2D eigenvalue weighted by Gasteiger charge is 2.57. The van der Waals surface area contributed by atoms with Crippen LogP contribution in [0, 0.1) is 0 Å². The minimum Gasteiger partial charge on any atom is -0.508 e. The van der Waals surface area contributed by atoms with Crippen LogP contribution in [0.15, 0.2) is 54.6 Å². The van der Waals surface area contributed by atoms with Crippen molar-refractivity contribution in [2.75, 3.05) is 11.9 Å². The summed E-state index contributed by atoms with van der Waals surface area (Å²) in [7, 11) is 1.97. The van der Waals surface area contributed by atoms with Gasteiger partial charge in [-0.2, -0.15) is 0 Å². The fourth-order valence-electron chi connectivity index (χ4n) is 4.74. The van der Waals surface area contributed by atoms with Gasteiger partial charge in [-0.1, -0.05) is 12.1 Å². The third-order valence-corrected chi connectivity index (χ3v) is 6.42. The summed E-state index contributed by atoms with van der Waals surface area (Å²) >= 11 is 0. The van der Waals surface area contributed by atoms with Crippen molar-refractivity contribution in [1.82, 2.24) is 0 Å². The van der Waals surface area contributed by atoms with Crippen molar-refractivity contribution in [1.29, 1.82) is 0 Å². The number of fused-ring (bicyclic) bond motifs is 4. The van der Waals surface area contributed by atoms with Gasteiger partial charge in [-0.3, -0.25) is 0 Å². The molecule has 0 saturated heterocycles. The summed E-state index contributed by atoms with van der Waals surface area (Å²) in [6, 6.07) is 14.5. The molecule has 0 radical (unpaired) electrons. The number of anilines is 1. The summed E-state index contributed by atoms with van der Waals surface area (Å²) < 4.78 is 6.65. The van der Waals surface area contributed by atoms with Gasteiger partial charge in [0, 0.05) is 18.3 Å². The summed E-state index contributed by atoms with van der Waals surface area (Å²) in [5.41, 5.74) is 1.80. The molecule has 3 aromatic rings. The Kier molecular flexibility index (Phi) is 3.36. The third kappa shape index (κ3) is 2.18. The standard InChI is InChI=1S/C24H21NO4/c1-23(2)19-12-15(22(27)28)5-8-20(19)25(3)24(23)11-10-17-18-13-16(26)7-4-14(18)6-9-21(17)29-24/h4-13,26H,1-3H3,(H,27,28). The van der Waals surface area contributed by atoms with Gasteiger partial charge >= 0.3 is 5.97 Å². The zero-order valence-electron chi connectivity index (χ0n) is 16.4. The number of phenols is 1. The average molecular weight is 387 g/mol. The van der Waals surface area contributed by atoms with Gasteiger partial charge in [0.25, 0.3) is 0 Å².